The van der Waals surface area contributed by atoms with E-state index in [0.717, 1.165) is 0 Å². The van der Waals surface area contributed by atoms with Crippen LogP contribution in [0.3, 0.4) is 0 Å². The van der Waals surface area contributed by atoms with Crippen molar-refractivity contribution in [3.8, 4) is 0 Å². The van der Waals surface area contributed by atoms with Crippen LogP contribution in [0.4, 0.5) is 0 Å². The van der Waals surface area contributed by atoms with Crippen molar-refractivity contribution >= 4 is 5.97 Å². The van der Waals surface area contributed by atoms with Crippen LogP contribution in [0.25, 0.3) is 0 Å². The van der Waals surface area contributed by atoms with Crippen LogP contribution in [0.1, 0.15) is 12.8 Å². The molecule has 3 atom stereocenters. The fourth-order valence-corrected chi connectivity index (χ4v) is 1.66. The number of carboxylic acids is 1. The average molecular weight is 174 g/mol. The smallest absolute Gasteiger partial charge is 0.306 e. The molecule has 0 aliphatic heterocycles. The second kappa shape index (κ2) is 3.87. The molecule has 0 aromatic rings. The van der Waals surface area contributed by atoms with E-state index in [2.05, 4.69) is 0 Å². The molecule has 1 N–H and O–H groups in total. The Hall–Kier alpha value is -0.610. The monoisotopic (exact) mass is 174 g/mol. The summed E-state index contributed by atoms with van der Waals surface area (Å²) in [5.74, 6) is -1.06. The summed E-state index contributed by atoms with van der Waals surface area (Å²) >= 11 is 0. The van der Waals surface area contributed by atoms with E-state index in [1.165, 1.54) is 0 Å². The van der Waals surface area contributed by atoms with Crippen molar-refractivity contribution in [3.63, 3.8) is 0 Å². The topological polar surface area (TPSA) is 55.8 Å². The summed E-state index contributed by atoms with van der Waals surface area (Å²) in [7, 11) is 3.17. The highest BCUT2D eigenvalue weighted by Crippen LogP contribution is 2.29. The molecule has 0 aromatic heterocycles. The van der Waals surface area contributed by atoms with Crippen molar-refractivity contribution in [3.05, 3.63) is 0 Å². The third-order valence-electron chi connectivity index (χ3n) is 2.40. The van der Waals surface area contributed by atoms with Gasteiger partial charge in [-0.25, -0.2) is 0 Å². The van der Waals surface area contributed by atoms with Crippen molar-refractivity contribution in [2.24, 2.45) is 5.92 Å². The lowest BCUT2D eigenvalue weighted by atomic mass is 10.1. The first-order valence-electron chi connectivity index (χ1n) is 3.97. The van der Waals surface area contributed by atoms with Gasteiger partial charge in [0.15, 0.2) is 0 Å². The third-order valence-corrected chi connectivity index (χ3v) is 2.40. The zero-order chi connectivity index (χ0) is 9.14. The maximum atomic E-state index is 10.6. The van der Waals surface area contributed by atoms with Crippen LogP contribution < -0.4 is 0 Å². The molecule has 1 unspecified atom stereocenters. The molecule has 12 heavy (non-hydrogen) atoms. The second-order valence-corrected chi connectivity index (χ2v) is 3.05. The Bertz CT molecular complexity index is 156. The molecule has 1 aliphatic rings. The van der Waals surface area contributed by atoms with Gasteiger partial charge >= 0.3 is 5.97 Å². The van der Waals surface area contributed by atoms with E-state index in [4.69, 9.17) is 14.6 Å². The second-order valence-electron chi connectivity index (χ2n) is 3.05. The minimum absolute atomic E-state index is 0.0592. The van der Waals surface area contributed by atoms with Crippen molar-refractivity contribution in [1.82, 2.24) is 0 Å². The van der Waals surface area contributed by atoms with Crippen LogP contribution >= 0.6 is 0 Å². The SMILES string of the molecule is CO[C@H]1CC(C(=O)O)C[C@H]1OC. The number of carboxylic acid groups (broad SMARTS) is 1. The van der Waals surface area contributed by atoms with E-state index < -0.39 is 5.97 Å². The van der Waals surface area contributed by atoms with Crippen molar-refractivity contribution in [2.45, 2.75) is 25.0 Å². The predicted molar refractivity (Wildman–Crippen MR) is 42.0 cm³/mol. The first-order valence-corrected chi connectivity index (χ1v) is 3.97. The van der Waals surface area contributed by atoms with Gasteiger partial charge in [0.25, 0.3) is 0 Å². The lowest BCUT2D eigenvalue weighted by Crippen LogP contribution is -2.23. The van der Waals surface area contributed by atoms with Gasteiger partial charge in [-0.05, 0) is 12.8 Å². The minimum Gasteiger partial charge on any atom is -0.481 e. The van der Waals surface area contributed by atoms with E-state index in [1.807, 2.05) is 0 Å². The first kappa shape index (κ1) is 9.48. The van der Waals surface area contributed by atoms with E-state index in [-0.39, 0.29) is 18.1 Å². The Labute approximate surface area is 71.5 Å². The van der Waals surface area contributed by atoms with Gasteiger partial charge < -0.3 is 14.6 Å². The average Bonchev–Trinajstić information content (AvgIpc) is 2.46. The number of ether oxygens (including phenoxy) is 2. The van der Waals surface area contributed by atoms with Gasteiger partial charge in [-0.15, -0.1) is 0 Å². The molecule has 1 saturated carbocycles. The molecule has 0 saturated heterocycles. The van der Waals surface area contributed by atoms with Gasteiger partial charge in [-0.3, -0.25) is 4.79 Å². The van der Waals surface area contributed by atoms with E-state index in [9.17, 15) is 4.79 Å². The summed E-state index contributed by atoms with van der Waals surface area (Å²) in [5, 5.41) is 8.73. The van der Waals surface area contributed by atoms with E-state index in [1.54, 1.807) is 14.2 Å². The van der Waals surface area contributed by atoms with Gasteiger partial charge in [-0.2, -0.15) is 0 Å². The summed E-state index contributed by atoms with van der Waals surface area (Å²) < 4.78 is 10.2. The predicted octanol–water partition coefficient (Wildman–Crippen LogP) is 0.511. The number of aliphatic carboxylic acids is 1. The van der Waals surface area contributed by atoms with Crippen LogP contribution in [-0.4, -0.2) is 37.5 Å². The fourth-order valence-electron chi connectivity index (χ4n) is 1.66. The molecule has 70 valence electrons. The minimum atomic E-state index is -0.753. The Kier molecular flexibility index (Phi) is 3.05. The number of hydrogen-bond donors (Lipinski definition) is 1. The van der Waals surface area contributed by atoms with Crippen LogP contribution in [0, 0.1) is 5.92 Å². The van der Waals surface area contributed by atoms with Crippen LogP contribution in [-0.2, 0) is 14.3 Å². The van der Waals surface area contributed by atoms with Crippen molar-refractivity contribution in [2.75, 3.05) is 14.2 Å². The summed E-state index contributed by atoms with van der Waals surface area (Å²) in [6, 6.07) is 0. The normalized spacial score (nSPS) is 35.3. The number of rotatable bonds is 3. The highest BCUT2D eigenvalue weighted by Gasteiger charge is 2.38. The summed E-state index contributed by atoms with van der Waals surface area (Å²) in [6.45, 7) is 0. The Morgan fingerprint density at radius 1 is 1.25 bits per heavy atom. The van der Waals surface area contributed by atoms with Crippen LogP contribution in [0.2, 0.25) is 0 Å². The summed E-state index contributed by atoms with van der Waals surface area (Å²) in [5.41, 5.74) is 0. The Morgan fingerprint density at radius 2 is 1.67 bits per heavy atom. The number of hydrogen-bond acceptors (Lipinski definition) is 3. The Balaban J connectivity index is 2.53. The van der Waals surface area contributed by atoms with Crippen molar-refractivity contribution in [1.29, 1.82) is 0 Å². The molecule has 4 nitrogen and oxygen atoms in total. The van der Waals surface area contributed by atoms with Gasteiger partial charge in [0.05, 0.1) is 18.1 Å². The first-order chi connectivity index (χ1) is 5.69. The third kappa shape index (κ3) is 1.76. The molecule has 0 amide bonds. The highest BCUT2D eigenvalue weighted by molar-refractivity contribution is 5.70. The number of carbonyl (C=O) groups is 1. The van der Waals surface area contributed by atoms with E-state index >= 15 is 0 Å². The zero-order valence-electron chi connectivity index (χ0n) is 7.32. The molecule has 0 radical (unpaired) electrons. The molecule has 4 heteroatoms. The van der Waals surface area contributed by atoms with Crippen LogP contribution in [0.5, 0.6) is 0 Å². The quantitative estimate of drug-likeness (QED) is 0.677. The number of methoxy groups -OCH3 is 2. The van der Waals surface area contributed by atoms with E-state index in [0.29, 0.717) is 12.8 Å². The van der Waals surface area contributed by atoms with Gasteiger partial charge in [0.1, 0.15) is 0 Å². The Morgan fingerprint density at radius 3 is 1.92 bits per heavy atom. The molecular weight excluding hydrogens is 160 g/mol. The molecule has 1 aliphatic carbocycles. The lowest BCUT2D eigenvalue weighted by molar-refractivity contribution is -0.141. The molecular formula is C8H14O4. The molecule has 0 bridgehead atoms. The van der Waals surface area contributed by atoms with Gasteiger partial charge in [-0.1, -0.05) is 0 Å². The molecule has 0 spiro atoms. The van der Waals surface area contributed by atoms with Crippen LogP contribution in [0.15, 0.2) is 0 Å². The largest absolute Gasteiger partial charge is 0.481 e. The maximum absolute atomic E-state index is 10.6. The molecule has 1 rings (SSSR count). The summed E-state index contributed by atoms with van der Waals surface area (Å²) in [4.78, 5) is 10.6. The standard InChI is InChI=1S/C8H14O4/c1-11-6-3-5(8(9)10)4-7(6)12-2/h5-7H,3-4H2,1-2H3,(H,9,10)/t5?,6-,7+. The lowest BCUT2D eigenvalue weighted by Gasteiger charge is -2.15. The highest BCUT2D eigenvalue weighted by atomic mass is 16.5. The van der Waals surface area contributed by atoms with Gasteiger partial charge in [0, 0.05) is 14.2 Å². The molecule has 0 heterocycles. The summed E-state index contributed by atoms with van der Waals surface area (Å²) in [6.07, 6.45) is 1.00. The van der Waals surface area contributed by atoms with Gasteiger partial charge in [0.2, 0.25) is 0 Å². The maximum Gasteiger partial charge on any atom is 0.306 e. The fraction of sp³-hybridized carbons (Fsp3) is 0.875. The molecule has 0 aromatic carbocycles. The zero-order valence-corrected chi connectivity index (χ0v) is 7.32. The van der Waals surface area contributed by atoms with Crippen molar-refractivity contribution < 1.29 is 19.4 Å². The molecule has 1 fully saturated rings.